The molecule has 1 N–H and O–H groups in total. The molecule has 0 fully saturated rings. The molecule has 0 radical (unpaired) electrons. The van der Waals surface area contributed by atoms with E-state index in [1.807, 2.05) is 0 Å². The zero-order chi connectivity index (χ0) is 20.3. The topological polar surface area (TPSA) is 89.5 Å². The van der Waals surface area contributed by atoms with E-state index >= 15 is 0 Å². The number of nitrogens with one attached hydrogen (secondary N) is 1. The second-order valence-electron chi connectivity index (χ2n) is 6.08. The summed E-state index contributed by atoms with van der Waals surface area (Å²) in [5.41, 5.74) is 0.289. The van der Waals surface area contributed by atoms with Crippen LogP contribution in [-0.4, -0.2) is 26.8 Å². The van der Waals surface area contributed by atoms with E-state index in [-0.39, 0.29) is 18.7 Å². The highest BCUT2D eigenvalue weighted by Gasteiger charge is 2.30. The van der Waals surface area contributed by atoms with Crippen LogP contribution in [0.3, 0.4) is 0 Å². The Labute approximate surface area is 157 Å². The van der Waals surface area contributed by atoms with Gasteiger partial charge < -0.3 is 9.72 Å². The Kier molecular flexibility index (Phi) is 5.30. The fourth-order valence-corrected chi connectivity index (χ4v) is 2.74. The normalized spacial score (nSPS) is 11.5. The van der Waals surface area contributed by atoms with Crippen molar-refractivity contribution in [2.75, 3.05) is 6.54 Å². The number of halogens is 3. The third-order valence-corrected chi connectivity index (χ3v) is 4.07. The number of rotatable bonds is 6. The van der Waals surface area contributed by atoms with E-state index in [9.17, 15) is 28.1 Å². The quantitative estimate of drug-likeness (QED) is 0.515. The number of nitro groups is 1. The van der Waals surface area contributed by atoms with Gasteiger partial charge in [-0.05, 0) is 12.1 Å². The molecule has 7 nitrogen and oxygen atoms in total. The molecule has 0 saturated heterocycles. The van der Waals surface area contributed by atoms with Crippen molar-refractivity contribution in [1.29, 1.82) is 0 Å². The van der Waals surface area contributed by atoms with Gasteiger partial charge in [-0.2, -0.15) is 13.2 Å². The molecule has 0 bridgehead atoms. The molecule has 0 unspecified atom stereocenters. The molecular formula is C18H15F3N4O3. The SMILES string of the molecule is O=C(Cc1ccccc1[N+](=O)[O-])NCCc1cn2cc(C(F)(F)F)ccc2n1. The van der Waals surface area contributed by atoms with Gasteiger partial charge >= 0.3 is 6.18 Å². The lowest BCUT2D eigenvalue weighted by atomic mass is 10.1. The highest BCUT2D eigenvalue weighted by molar-refractivity contribution is 5.79. The summed E-state index contributed by atoms with van der Waals surface area (Å²) in [6.07, 6.45) is -1.84. The van der Waals surface area contributed by atoms with Crippen molar-refractivity contribution in [3.05, 3.63) is 75.7 Å². The van der Waals surface area contributed by atoms with Gasteiger partial charge in [0.15, 0.2) is 0 Å². The third kappa shape index (κ3) is 4.45. The third-order valence-electron chi connectivity index (χ3n) is 4.07. The Morgan fingerprint density at radius 3 is 2.64 bits per heavy atom. The van der Waals surface area contributed by atoms with E-state index in [1.165, 1.54) is 34.9 Å². The molecule has 1 amide bonds. The molecule has 2 aromatic heterocycles. The van der Waals surface area contributed by atoms with Crippen LogP contribution < -0.4 is 5.32 Å². The first-order chi connectivity index (χ1) is 13.2. The van der Waals surface area contributed by atoms with Gasteiger partial charge in [-0.3, -0.25) is 14.9 Å². The van der Waals surface area contributed by atoms with E-state index in [4.69, 9.17) is 0 Å². The summed E-state index contributed by atoms with van der Waals surface area (Å²) in [5, 5.41) is 13.6. The Morgan fingerprint density at radius 1 is 1.18 bits per heavy atom. The lowest BCUT2D eigenvalue weighted by Crippen LogP contribution is -2.27. The Hall–Kier alpha value is -3.43. The van der Waals surface area contributed by atoms with Crippen LogP contribution in [0.4, 0.5) is 18.9 Å². The largest absolute Gasteiger partial charge is 0.417 e. The number of nitrogens with zero attached hydrogens (tertiary/aromatic N) is 3. The molecule has 0 aliphatic carbocycles. The van der Waals surface area contributed by atoms with Crippen LogP contribution in [0.5, 0.6) is 0 Å². The van der Waals surface area contributed by atoms with Crippen LogP contribution in [0.1, 0.15) is 16.8 Å². The Balaban J connectivity index is 1.59. The van der Waals surface area contributed by atoms with Crippen LogP contribution in [0.25, 0.3) is 5.65 Å². The molecule has 2 heterocycles. The average molecular weight is 392 g/mol. The number of fused-ring (bicyclic) bond motifs is 1. The predicted molar refractivity (Wildman–Crippen MR) is 93.7 cm³/mol. The lowest BCUT2D eigenvalue weighted by Gasteiger charge is -2.05. The summed E-state index contributed by atoms with van der Waals surface area (Å²) < 4.78 is 39.5. The minimum absolute atomic E-state index is 0.126. The molecule has 0 aliphatic rings. The molecule has 0 aliphatic heterocycles. The number of hydrogen-bond donors (Lipinski definition) is 1. The van der Waals surface area contributed by atoms with Crippen LogP contribution >= 0.6 is 0 Å². The van der Waals surface area contributed by atoms with E-state index in [0.717, 1.165) is 12.3 Å². The number of alkyl halides is 3. The summed E-state index contributed by atoms with van der Waals surface area (Å²) in [7, 11) is 0. The molecule has 28 heavy (non-hydrogen) atoms. The van der Waals surface area contributed by atoms with Crippen LogP contribution in [-0.2, 0) is 23.8 Å². The van der Waals surface area contributed by atoms with Crippen molar-refractivity contribution < 1.29 is 22.9 Å². The number of aromatic nitrogens is 2. The number of carbonyl (C=O) groups excluding carboxylic acids is 1. The van der Waals surface area contributed by atoms with Crippen molar-refractivity contribution in [3.63, 3.8) is 0 Å². The molecule has 3 aromatic rings. The number of para-hydroxylation sites is 1. The van der Waals surface area contributed by atoms with E-state index < -0.39 is 22.6 Å². The van der Waals surface area contributed by atoms with E-state index in [0.29, 0.717) is 23.3 Å². The number of nitro benzene ring substituents is 1. The minimum Gasteiger partial charge on any atom is -0.355 e. The van der Waals surface area contributed by atoms with Crippen LogP contribution in [0.2, 0.25) is 0 Å². The zero-order valence-corrected chi connectivity index (χ0v) is 14.4. The lowest BCUT2D eigenvalue weighted by molar-refractivity contribution is -0.385. The van der Waals surface area contributed by atoms with Crippen LogP contribution in [0, 0.1) is 10.1 Å². The Bertz CT molecular complexity index is 1030. The highest BCUT2D eigenvalue weighted by atomic mass is 19.4. The van der Waals surface area contributed by atoms with Gasteiger partial charge in [0.1, 0.15) is 5.65 Å². The number of pyridine rings is 1. The number of carbonyl (C=O) groups is 1. The molecule has 10 heteroatoms. The fraction of sp³-hybridized carbons (Fsp3) is 0.222. The highest BCUT2D eigenvalue weighted by Crippen LogP contribution is 2.29. The number of imidazole rings is 1. The maximum Gasteiger partial charge on any atom is 0.417 e. The number of benzene rings is 1. The summed E-state index contributed by atoms with van der Waals surface area (Å²) in [6, 6.07) is 8.21. The first kappa shape index (κ1) is 19.3. The van der Waals surface area contributed by atoms with Gasteiger partial charge in [-0.15, -0.1) is 0 Å². The molecule has 3 rings (SSSR count). The standard InChI is InChI=1S/C18H15F3N4O3/c19-18(20,21)13-5-6-16-23-14(11-24(16)10-13)7-8-22-17(26)9-12-3-1-2-4-15(12)25(27)28/h1-6,10-11H,7-9H2,(H,22,26). The maximum atomic E-state index is 12.7. The smallest absolute Gasteiger partial charge is 0.355 e. The van der Waals surface area contributed by atoms with E-state index in [2.05, 4.69) is 10.3 Å². The monoisotopic (exact) mass is 392 g/mol. The van der Waals surface area contributed by atoms with Gasteiger partial charge in [-0.1, -0.05) is 18.2 Å². The van der Waals surface area contributed by atoms with Crippen molar-refractivity contribution >= 4 is 17.2 Å². The maximum absolute atomic E-state index is 12.7. The average Bonchev–Trinajstić information content (AvgIpc) is 3.03. The molecule has 0 atom stereocenters. The minimum atomic E-state index is -4.44. The Morgan fingerprint density at radius 2 is 1.93 bits per heavy atom. The molecule has 146 valence electrons. The van der Waals surface area contributed by atoms with Crippen LogP contribution in [0.15, 0.2) is 48.8 Å². The number of hydrogen-bond acceptors (Lipinski definition) is 4. The molecule has 0 saturated carbocycles. The number of amides is 1. The van der Waals surface area contributed by atoms with Gasteiger partial charge in [0.25, 0.3) is 5.69 Å². The second kappa shape index (κ2) is 7.67. The molecule has 0 spiro atoms. The summed E-state index contributed by atoms with van der Waals surface area (Å²) in [5.74, 6) is -0.391. The first-order valence-corrected chi connectivity index (χ1v) is 8.28. The molecule has 1 aromatic carbocycles. The van der Waals surface area contributed by atoms with Gasteiger partial charge in [0.2, 0.25) is 5.91 Å². The van der Waals surface area contributed by atoms with Gasteiger partial charge in [-0.25, -0.2) is 4.98 Å². The second-order valence-corrected chi connectivity index (χ2v) is 6.08. The van der Waals surface area contributed by atoms with E-state index in [1.54, 1.807) is 6.07 Å². The van der Waals surface area contributed by atoms with Gasteiger partial charge in [0, 0.05) is 37.0 Å². The van der Waals surface area contributed by atoms with Crippen molar-refractivity contribution in [2.24, 2.45) is 0 Å². The summed E-state index contributed by atoms with van der Waals surface area (Å²) in [6.45, 7) is 0.204. The van der Waals surface area contributed by atoms with Crippen molar-refractivity contribution in [1.82, 2.24) is 14.7 Å². The van der Waals surface area contributed by atoms with Crippen molar-refractivity contribution in [3.8, 4) is 0 Å². The fourth-order valence-electron chi connectivity index (χ4n) is 2.74. The summed E-state index contributed by atoms with van der Waals surface area (Å²) >= 11 is 0. The first-order valence-electron chi connectivity index (χ1n) is 8.28. The summed E-state index contributed by atoms with van der Waals surface area (Å²) in [4.78, 5) is 26.6. The molecular weight excluding hydrogens is 377 g/mol. The zero-order valence-electron chi connectivity index (χ0n) is 14.4. The predicted octanol–water partition coefficient (Wildman–Crippen LogP) is 3.16. The van der Waals surface area contributed by atoms with Gasteiger partial charge in [0.05, 0.1) is 22.6 Å². The van der Waals surface area contributed by atoms with Crippen molar-refractivity contribution in [2.45, 2.75) is 19.0 Å².